The van der Waals surface area contributed by atoms with Gasteiger partial charge in [-0.2, -0.15) is 11.8 Å². The summed E-state index contributed by atoms with van der Waals surface area (Å²) in [6.45, 7) is 2.56. The molecule has 0 fully saturated rings. The zero-order chi connectivity index (χ0) is 28.5. The number of carboxylic acid groups (broad SMARTS) is 2. The Balaban J connectivity index is 2.49. The average Bonchev–Trinajstić information content (AvgIpc) is 2.87. The van der Waals surface area contributed by atoms with Crippen LogP contribution >= 0.6 is 11.8 Å². The average molecular weight is 558 g/mol. The van der Waals surface area contributed by atoms with Gasteiger partial charge in [0.2, 0.25) is 11.8 Å². The number of ether oxygens (including phenoxy) is 2. The van der Waals surface area contributed by atoms with E-state index < -0.39 is 36.0 Å². The Kier molecular flexibility index (Phi) is 15.5. The Morgan fingerprint density at radius 3 is 2.29 bits per heavy atom. The lowest BCUT2D eigenvalue weighted by molar-refractivity contribution is -0.137. The third kappa shape index (κ3) is 13.8. The van der Waals surface area contributed by atoms with Gasteiger partial charge in [-0.3, -0.25) is 19.2 Å². The number of amides is 4. The normalized spacial score (nSPS) is 12.2. The number of benzene rings is 1. The van der Waals surface area contributed by atoms with Crippen molar-refractivity contribution in [2.45, 2.75) is 44.8 Å². The number of aliphatic carboxylic acids is 1. The van der Waals surface area contributed by atoms with Gasteiger partial charge < -0.3 is 35.4 Å². The molecule has 0 heterocycles. The number of nitrogens with zero attached hydrogens (tertiary/aromatic N) is 1. The van der Waals surface area contributed by atoms with Crippen molar-refractivity contribution in [3.8, 4) is 5.75 Å². The highest BCUT2D eigenvalue weighted by molar-refractivity contribution is 7.99. The van der Waals surface area contributed by atoms with Crippen LogP contribution in [0.4, 0.5) is 10.5 Å². The van der Waals surface area contributed by atoms with Crippen molar-refractivity contribution >= 4 is 47.2 Å². The molecule has 5 N–H and O–H groups in total. The third-order valence-corrected chi connectivity index (χ3v) is 5.96. The Labute approximate surface area is 224 Å². The van der Waals surface area contributed by atoms with Gasteiger partial charge in [-0.05, 0) is 37.6 Å². The molecule has 0 radical (unpaired) electrons. The van der Waals surface area contributed by atoms with Gasteiger partial charge in [-0.25, -0.2) is 9.69 Å². The highest BCUT2D eigenvalue weighted by atomic mass is 32.2. The van der Waals surface area contributed by atoms with Gasteiger partial charge in [-0.1, -0.05) is 0 Å². The van der Waals surface area contributed by atoms with Crippen LogP contribution in [-0.2, 0) is 23.9 Å². The SMILES string of the molecule is CCOCC(O)COc1ccc(NC(=O)CCSCC(NC(=O)CCCC(=O)O)C(=O)N(C)C(=O)O)cc1. The second kappa shape index (κ2) is 18.0. The molecule has 13 nitrogen and oxygen atoms in total. The largest absolute Gasteiger partial charge is 0.491 e. The Bertz CT molecular complexity index is 929. The molecule has 0 saturated heterocycles. The number of aliphatic hydroxyl groups is 1. The zero-order valence-electron chi connectivity index (χ0n) is 21.4. The van der Waals surface area contributed by atoms with E-state index in [1.54, 1.807) is 24.3 Å². The van der Waals surface area contributed by atoms with E-state index in [-0.39, 0.29) is 50.6 Å². The predicted octanol–water partition coefficient (Wildman–Crippen LogP) is 1.40. The molecule has 14 heteroatoms. The maximum Gasteiger partial charge on any atom is 0.413 e. The van der Waals surface area contributed by atoms with Crippen molar-refractivity contribution in [2.75, 3.05) is 43.7 Å². The van der Waals surface area contributed by atoms with Gasteiger partial charge >= 0.3 is 12.1 Å². The zero-order valence-corrected chi connectivity index (χ0v) is 22.2. The third-order valence-electron chi connectivity index (χ3n) is 4.90. The van der Waals surface area contributed by atoms with Gasteiger partial charge in [-0.15, -0.1) is 0 Å². The molecule has 212 valence electrons. The highest BCUT2D eigenvalue weighted by Crippen LogP contribution is 2.17. The molecule has 38 heavy (non-hydrogen) atoms. The second-order valence-electron chi connectivity index (χ2n) is 8.07. The molecule has 0 spiro atoms. The summed E-state index contributed by atoms with van der Waals surface area (Å²) in [5.74, 6) is -1.92. The van der Waals surface area contributed by atoms with Gasteiger partial charge in [0.05, 0.1) is 6.61 Å². The number of imide groups is 1. The number of carbonyl (C=O) groups excluding carboxylic acids is 3. The summed E-state index contributed by atoms with van der Waals surface area (Å²) in [4.78, 5) is 59.0. The standard InChI is InChI=1S/C24H35N3O10S/c1-3-36-13-17(28)14-37-18-9-7-16(8-10-18)25-21(30)11-12-38-15-19(23(33)27(2)24(34)35)26-20(29)5-4-6-22(31)32/h7-10,17,19,28H,3-6,11-15H2,1-2H3,(H,25,30)(H,26,29)(H,31,32)(H,34,35). The van der Waals surface area contributed by atoms with Crippen LogP contribution in [0, 0.1) is 0 Å². The molecular weight excluding hydrogens is 522 g/mol. The summed E-state index contributed by atoms with van der Waals surface area (Å²) < 4.78 is 10.6. The van der Waals surface area contributed by atoms with Crippen molar-refractivity contribution in [1.29, 1.82) is 0 Å². The van der Waals surface area contributed by atoms with Crippen molar-refractivity contribution < 1.29 is 48.8 Å². The van der Waals surface area contributed by atoms with Crippen molar-refractivity contribution in [3.63, 3.8) is 0 Å². The van der Waals surface area contributed by atoms with Gasteiger partial charge in [0, 0.05) is 50.1 Å². The van der Waals surface area contributed by atoms with E-state index in [1.165, 1.54) is 11.8 Å². The molecule has 1 aromatic carbocycles. The minimum atomic E-state index is -1.48. The molecule has 2 unspecified atom stereocenters. The fourth-order valence-electron chi connectivity index (χ4n) is 2.89. The molecule has 1 rings (SSSR count). The summed E-state index contributed by atoms with van der Waals surface area (Å²) >= 11 is 1.18. The minimum absolute atomic E-state index is 0.0234. The molecular formula is C24H35N3O10S. The smallest absolute Gasteiger partial charge is 0.413 e. The predicted molar refractivity (Wildman–Crippen MR) is 139 cm³/mol. The van der Waals surface area contributed by atoms with Crippen LogP contribution in [0.15, 0.2) is 24.3 Å². The lowest BCUT2D eigenvalue weighted by Gasteiger charge is -2.21. The van der Waals surface area contributed by atoms with Crippen LogP contribution in [0.2, 0.25) is 0 Å². The number of likely N-dealkylation sites (N-methyl/N-ethyl adjacent to an activating group) is 1. The van der Waals surface area contributed by atoms with E-state index in [1.807, 2.05) is 6.92 Å². The van der Waals surface area contributed by atoms with Crippen LogP contribution in [0.5, 0.6) is 5.75 Å². The highest BCUT2D eigenvalue weighted by Gasteiger charge is 2.27. The van der Waals surface area contributed by atoms with Crippen LogP contribution in [0.3, 0.4) is 0 Å². The van der Waals surface area contributed by atoms with Crippen molar-refractivity contribution in [1.82, 2.24) is 10.2 Å². The van der Waals surface area contributed by atoms with Crippen LogP contribution in [0.25, 0.3) is 0 Å². The van der Waals surface area contributed by atoms with Crippen LogP contribution < -0.4 is 15.4 Å². The molecule has 0 aliphatic rings. The second-order valence-corrected chi connectivity index (χ2v) is 9.22. The van der Waals surface area contributed by atoms with Gasteiger partial charge in [0.1, 0.15) is 24.5 Å². The van der Waals surface area contributed by atoms with E-state index in [2.05, 4.69) is 10.6 Å². The number of anilines is 1. The molecule has 0 aliphatic carbocycles. The van der Waals surface area contributed by atoms with Gasteiger partial charge in [0.25, 0.3) is 5.91 Å². The molecule has 0 aliphatic heterocycles. The number of nitrogens with one attached hydrogen (secondary N) is 2. The first kappa shape index (κ1) is 32.7. The van der Waals surface area contributed by atoms with E-state index in [0.29, 0.717) is 28.7 Å². The fraction of sp³-hybridized carbons (Fsp3) is 0.542. The summed E-state index contributed by atoms with van der Waals surface area (Å²) in [6.07, 6.45) is -2.41. The number of carbonyl (C=O) groups is 5. The summed E-state index contributed by atoms with van der Waals surface area (Å²) in [6, 6.07) is 5.43. The Morgan fingerprint density at radius 2 is 1.68 bits per heavy atom. The number of carboxylic acids is 1. The number of hydrogen-bond acceptors (Lipinski definition) is 9. The number of rotatable bonds is 18. The first-order chi connectivity index (χ1) is 18.0. The van der Waals surface area contributed by atoms with E-state index in [4.69, 9.17) is 19.7 Å². The number of hydrogen-bond donors (Lipinski definition) is 5. The summed E-state index contributed by atoms with van der Waals surface area (Å²) in [5.41, 5.74) is 0.534. The number of thioether (sulfide) groups is 1. The molecule has 1 aromatic rings. The molecule has 0 bridgehead atoms. The van der Waals surface area contributed by atoms with E-state index >= 15 is 0 Å². The maximum atomic E-state index is 12.4. The summed E-state index contributed by atoms with van der Waals surface area (Å²) in [7, 11) is 1.06. The number of aliphatic hydroxyl groups excluding tert-OH is 1. The van der Waals surface area contributed by atoms with Gasteiger partial charge in [0.15, 0.2) is 0 Å². The Hall–Kier alpha value is -3.36. The van der Waals surface area contributed by atoms with Crippen LogP contribution in [-0.4, -0.2) is 101 Å². The first-order valence-electron chi connectivity index (χ1n) is 11.9. The topological polar surface area (TPSA) is 192 Å². The molecule has 0 saturated carbocycles. The fourth-order valence-corrected chi connectivity index (χ4v) is 3.85. The van der Waals surface area contributed by atoms with Crippen molar-refractivity contribution in [2.24, 2.45) is 0 Å². The van der Waals surface area contributed by atoms with Crippen molar-refractivity contribution in [3.05, 3.63) is 24.3 Å². The minimum Gasteiger partial charge on any atom is -0.491 e. The Morgan fingerprint density at radius 1 is 1.00 bits per heavy atom. The van der Waals surface area contributed by atoms with E-state index in [9.17, 15) is 29.1 Å². The quantitative estimate of drug-likeness (QED) is 0.164. The molecule has 4 amide bonds. The maximum absolute atomic E-state index is 12.4. The lowest BCUT2D eigenvalue weighted by atomic mass is 10.2. The first-order valence-corrected chi connectivity index (χ1v) is 13.1. The molecule has 2 atom stereocenters. The van der Waals surface area contributed by atoms with E-state index in [0.717, 1.165) is 7.05 Å². The summed E-state index contributed by atoms with van der Waals surface area (Å²) in [5, 5.41) is 32.6. The molecule has 0 aromatic heterocycles. The lowest BCUT2D eigenvalue weighted by Crippen LogP contribution is -2.50. The monoisotopic (exact) mass is 557 g/mol. The van der Waals surface area contributed by atoms with Crippen LogP contribution in [0.1, 0.15) is 32.6 Å².